The summed E-state index contributed by atoms with van der Waals surface area (Å²) in [5.41, 5.74) is 2.10. The summed E-state index contributed by atoms with van der Waals surface area (Å²) in [6, 6.07) is 7.61. The number of ether oxygens (including phenoxy) is 1. The Morgan fingerprint density at radius 3 is 2.04 bits per heavy atom. The summed E-state index contributed by atoms with van der Waals surface area (Å²) < 4.78 is 33.8. The van der Waals surface area contributed by atoms with Crippen molar-refractivity contribution in [3.63, 3.8) is 0 Å². The Balaban J connectivity index is 1.66. The highest BCUT2D eigenvalue weighted by molar-refractivity contribution is 7.86. The Morgan fingerprint density at radius 1 is 0.964 bits per heavy atom. The number of hydrogen-bond acceptors (Lipinski definition) is 5. The molecular weight excluding hydrogens is 380 g/mol. The molecule has 1 unspecified atom stereocenters. The van der Waals surface area contributed by atoms with E-state index in [0.717, 1.165) is 11.1 Å². The van der Waals surface area contributed by atoms with Crippen LogP contribution >= 0.6 is 0 Å². The molecule has 0 radical (unpaired) electrons. The zero-order valence-electron chi connectivity index (χ0n) is 16.9. The number of hydrogen-bond donors (Lipinski definition) is 0. The first-order valence-electron chi connectivity index (χ1n) is 9.65. The lowest BCUT2D eigenvalue weighted by Gasteiger charge is -2.39. The summed E-state index contributed by atoms with van der Waals surface area (Å²) in [5, 5.41) is 0. The van der Waals surface area contributed by atoms with Crippen LogP contribution in [0.3, 0.4) is 0 Å². The lowest BCUT2D eigenvalue weighted by molar-refractivity contribution is -0.137. The molecule has 1 aromatic rings. The van der Waals surface area contributed by atoms with E-state index in [2.05, 4.69) is 0 Å². The highest BCUT2D eigenvalue weighted by atomic mass is 32.2. The second-order valence-electron chi connectivity index (χ2n) is 7.52. The lowest BCUT2D eigenvalue weighted by Crippen LogP contribution is -2.56. The fourth-order valence-electron chi connectivity index (χ4n) is 3.66. The van der Waals surface area contributed by atoms with Gasteiger partial charge in [-0.25, -0.2) is 0 Å². The van der Waals surface area contributed by atoms with Crippen LogP contribution in [0.5, 0.6) is 0 Å². The van der Waals surface area contributed by atoms with Crippen LogP contribution in [0.15, 0.2) is 24.3 Å². The van der Waals surface area contributed by atoms with Crippen molar-refractivity contribution in [2.24, 2.45) is 0 Å². The fourth-order valence-corrected chi connectivity index (χ4v) is 5.22. The Labute approximate surface area is 167 Å². The van der Waals surface area contributed by atoms with E-state index in [1.807, 2.05) is 50.2 Å². The summed E-state index contributed by atoms with van der Waals surface area (Å²) in [4.78, 5) is 16.9. The van der Waals surface area contributed by atoms with Crippen molar-refractivity contribution in [1.82, 2.24) is 18.4 Å². The quantitative estimate of drug-likeness (QED) is 0.699. The molecule has 0 aliphatic carbocycles. The third kappa shape index (κ3) is 4.55. The molecule has 1 amide bonds. The third-order valence-electron chi connectivity index (χ3n) is 5.32. The zero-order valence-corrected chi connectivity index (χ0v) is 17.7. The van der Waals surface area contributed by atoms with Crippen LogP contribution in [0.4, 0.5) is 0 Å². The van der Waals surface area contributed by atoms with E-state index in [1.165, 1.54) is 8.61 Å². The van der Waals surface area contributed by atoms with Gasteiger partial charge in [0.15, 0.2) is 0 Å². The van der Waals surface area contributed by atoms with E-state index in [0.29, 0.717) is 52.5 Å². The van der Waals surface area contributed by atoms with Crippen LogP contribution in [0, 0.1) is 6.92 Å². The summed E-state index contributed by atoms with van der Waals surface area (Å²) in [6.07, 6.45) is 0. The van der Waals surface area contributed by atoms with Gasteiger partial charge in [-0.1, -0.05) is 29.8 Å². The van der Waals surface area contributed by atoms with Gasteiger partial charge in [-0.3, -0.25) is 9.69 Å². The van der Waals surface area contributed by atoms with Crippen LogP contribution in [0.1, 0.15) is 17.2 Å². The molecule has 2 saturated heterocycles. The molecule has 2 aliphatic heterocycles. The van der Waals surface area contributed by atoms with Crippen molar-refractivity contribution in [1.29, 1.82) is 0 Å². The summed E-state index contributed by atoms with van der Waals surface area (Å²) in [7, 11) is 0.291. The predicted molar refractivity (Wildman–Crippen MR) is 107 cm³/mol. The molecule has 9 heteroatoms. The molecule has 156 valence electrons. The van der Waals surface area contributed by atoms with Crippen molar-refractivity contribution >= 4 is 16.1 Å². The van der Waals surface area contributed by atoms with E-state index in [-0.39, 0.29) is 11.9 Å². The van der Waals surface area contributed by atoms with Crippen LogP contribution in [-0.2, 0) is 19.7 Å². The van der Waals surface area contributed by atoms with Gasteiger partial charge in [0.2, 0.25) is 5.91 Å². The minimum Gasteiger partial charge on any atom is -0.379 e. The summed E-state index contributed by atoms with van der Waals surface area (Å²) in [5.74, 6) is 0.0114. The van der Waals surface area contributed by atoms with Gasteiger partial charge in [0.25, 0.3) is 10.2 Å². The highest BCUT2D eigenvalue weighted by Gasteiger charge is 2.36. The second kappa shape index (κ2) is 8.87. The van der Waals surface area contributed by atoms with Gasteiger partial charge in [-0.05, 0) is 26.6 Å². The van der Waals surface area contributed by atoms with Crippen molar-refractivity contribution in [3.05, 3.63) is 35.4 Å². The highest BCUT2D eigenvalue weighted by Crippen LogP contribution is 2.23. The first-order chi connectivity index (χ1) is 13.3. The molecule has 0 spiro atoms. The molecule has 0 saturated carbocycles. The number of benzene rings is 1. The molecule has 0 bridgehead atoms. The number of nitrogens with zero attached hydrogens (tertiary/aromatic N) is 4. The summed E-state index contributed by atoms with van der Waals surface area (Å²) in [6.45, 7) is 5.09. The number of carbonyl (C=O) groups is 1. The molecule has 1 atom stereocenters. The van der Waals surface area contributed by atoms with Gasteiger partial charge in [0.05, 0.1) is 13.2 Å². The second-order valence-corrected chi connectivity index (χ2v) is 9.45. The van der Waals surface area contributed by atoms with Crippen molar-refractivity contribution in [2.75, 3.05) is 66.6 Å². The van der Waals surface area contributed by atoms with Gasteiger partial charge in [0.1, 0.15) is 6.04 Å². The average Bonchev–Trinajstić information content (AvgIpc) is 2.70. The number of amides is 1. The molecule has 2 aliphatic rings. The topological polar surface area (TPSA) is 73.4 Å². The maximum Gasteiger partial charge on any atom is 0.282 e. The molecular formula is C19H30N4O4S. The largest absolute Gasteiger partial charge is 0.379 e. The maximum atomic E-state index is 13.2. The van der Waals surface area contributed by atoms with Gasteiger partial charge in [-0.15, -0.1) is 0 Å². The lowest BCUT2D eigenvalue weighted by atomic mass is 10.0. The number of aryl methyl sites for hydroxylation is 1. The van der Waals surface area contributed by atoms with Gasteiger partial charge < -0.3 is 9.64 Å². The minimum absolute atomic E-state index is 0.0114. The van der Waals surface area contributed by atoms with E-state index < -0.39 is 10.2 Å². The van der Waals surface area contributed by atoms with Crippen molar-refractivity contribution in [3.8, 4) is 0 Å². The molecule has 1 aromatic carbocycles. The molecule has 3 rings (SSSR count). The normalized spacial score (nSPS) is 21.1. The third-order valence-corrected chi connectivity index (χ3v) is 7.35. The minimum atomic E-state index is -3.49. The van der Waals surface area contributed by atoms with Crippen LogP contribution in [0.2, 0.25) is 0 Å². The monoisotopic (exact) mass is 410 g/mol. The molecule has 8 nitrogen and oxygen atoms in total. The summed E-state index contributed by atoms with van der Waals surface area (Å²) >= 11 is 0. The molecule has 28 heavy (non-hydrogen) atoms. The van der Waals surface area contributed by atoms with E-state index in [9.17, 15) is 13.2 Å². The van der Waals surface area contributed by atoms with Gasteiger partial charge in [0, 0.05) is 39.3 Å². The fraction of sp³-hybridized carbons (Fsp3) is 0.632. The van der Waals surface area contributed by atoms with Crippen LogP contribution in [0.25, 0.3) is 0 Å². The first-order valence-corrected chi connectivity index (χ1v) is 11.0. The molecule has 2 fully saturated rings. The van der Waals surface area contributed by atoms with E-state index in [4.69, 9.17) is 4.74 Å². The molecule has 0 aromatic heterocycles. The SMILES string of the molecule is Cc1ccc(C(C(=O)N2CCN(S(=O)(=O)N3CCOCC3)CC2)N(C)C)cc1. The van der Waals surface area contributed by atoms with Crippen LogP contribution < -0.4 is 0 Å². The van der Waals surface area contributed by atoms with Crippen molar-refractivity contribution in [2.45, 2.75) is 13.0 Å². The zero-order chi connectivity index (χ0) is 20.3. The smallest absolute Gasteiger partial charge is 0.282 e. The van der Waals surface area contributed by atoms with E-state index >= 15 is 0 Å². The Hall–Kier alpha value is -1.52. The molecule has 0 N–H and O–H groups in total. The Bertz CT molecular complexity index is 768. The Kier molecular flexibility index (Phi) is 6.72. The van der Waals surface area contributed by atoms with Gasteiger partial charge >= 0.3 is 0 Å². The number of morpholine rings is 1. The standard InChI is InChI=1S/C19H30N4O4S/c1-16-4-6-17(7-5-16)18(20(2)3)19(24)21-8-10-22(11-9-21)28(25,26)23-12-14-27-15-13-23/h4-7,18H,8-15H2,1-3H3. The Morgan fingerprint density at radius 2 is 1.50 bits per heavy atom. The van der Waals surface area contributed by atoms with Crippen molar-refractivity contribution < 1.29 is 17.9 Å². The number of piperazine rings is 1. The predicted octanol–water partition coefficient (Wildman–Crippen LogP) is 0.319. The first kappa shape index (κ1) is 21.2. The van der Waals surface area contributed by atoms with E-state index in [1.54, 1.807) is 4.90 Å². The number of likely N-dealkylation sites (N-methyl/N-ethyl adjacent to an activating group) is 1. The molecule has 2 heterocycles. The number of rotatable bonds is 5. The van der Waals surface area contributed by atoms with Gasteiger partial charge in [-0.2, -0.15) is 17.0 Å². The number of carbonyl (C=O) groups excluding carboxylic acids is 1. The maximum absolute atomic E-state index is 13.2. The average molecular weight is 411 g/mol. The van der Waals surface area contributed by atoms with Crippen LogP contribution in [-0.4, -0.2) is 99.3 Å².